The van der Waals surface area contributed by atoms with Crippen molar-refractivity contribution in [2.75, 3.05) is 32.1 Å². The average Bonchev–Trinajstić information content (AvgIpc) is 3.62. The van der Waals surface area contributed by atoms with E-state index in [1.54, 1.807) is 30.7 Å². The lowest BCUT2D eigenvalue weighted by Crippen LogP contribution is -2.46. The quantitative estimate of drug-likeness (QED) is 0.230. The molecule has 1 atom stereocenters. The Morgan fingerprint density at radius 1 is 1.13 bits per heavy atom. The third-order valence-corrected chi connectivity index (χ3v) is 7.37. The summed E-state index contributed by atoms with van der Waals surface area (Å²) < 4.78 is 0. The number of anilines is 1. The standard InChI is InChI=1S/C26H28N8O4/c1-33-6-3-16(4-7-33)34-25(37)17-9-20-21(10-18(17)26(34)38)32-23(31-20)22-19(2-5-28-24(22)36)30-15(12-35)8-14-11-27-13-29-14/h2,5,9-11,13,15-16,35H,3-4,6-8,12H2,1H3,(H,27,29)(H,31,32)(H2,28,30,36)/t15-/m1/s1. The molecule has 0 bridgehead atoms. The van der Waals surface area contributed by atoms with Crippen molar-refractivity contribution in [2.24, 2.45) is 0 Å². The maximum Gasteiger partial charge on any atom is 0.261 e. The van der Waals surface area contributed by atoms with Gasteiger partial charge in [-0.25, -0.2) is 9.97 Å². The van der Waals surface area contributed by atoms with Crippen LogP contribution in [-0.4, -0.2) is 90.5 Å². The van der Waals surface area contributed by atoms with Crippen LogP contribution in [0.5, 0.6) is 0 Å². The summed E-state index contributed by atoms with van der Waals surface area (Å²) in [6.45, 7) is 1.51. The zero-order chi connectivity index (χ0) is 26.4. The van der Waals surface area contributed by atoms with Crippen molar-refractivity contribution >= 4 is 28.5 Å². The van der Waals surface area contributed by atoms with Gasteiger partial charge in [0.05, 0.1) is 46.8 Å². The van der Waals surface area contributed by atoms with Crippen LogP contribution in [0.25, 0.3) is 22.4 Å². The van der Waals surface area contributed by atoms with Crippen molar-refractivity contribution in [2.45, 2.75) is 31.3 Å². The molecular formula is C26H28N8O4. The van der Waals surface area contributed by atoms with Crippen LogP contribution in [-0.2, 0) is 6.42 Å². The molecular weight excluding hydrogens is 488 g/mol. The Hall–Kier alpha value is -4.29. The number of nitrogens with zero attached hydrogens (tertiary/aromatic N) is 4. The first-order chi connectivity index (χ1) is 18.4. The van der Waals surface area contributed by atoms with Gasteiger partial charge in [-0.05, 0) is 51.2 Å². The number of imide groups is 1. The molecule has 5 heterocycles. The van der Waals surface area contributed by atoms with Gasteiger partial charge in [-0.2, -0.15) is 0 Å². The van der Waals surface area contributed by atoms with Crippen molar-refractivity contribution in [3.63, 3.8) is 0 Å². The monoisotopic (exact) mass is 516 g/mol. The molecule has 0 aliphatic carbocycles. The molecule has 3 aromatic heterocycles. The number of carbonyl (C=O) groups excluding carboxylic acids is 2. The van der Waals surface area contributed by atoms with Crippen molar-refractivity contribution in [3.05, 3.63) is 64.1 Å². The number of imidazole rings is 2. The van der Waals surface area contributed by atoms with Crippen molar-refractivity contribution in [3.8, 4) is 11.4 Å². The normalized spacial score (nSPS) is 17.4. The van der Waals surface area contributed by atoms with Crippen LogP contribution in [0.2, 0.25) is 0 Å². The van der Waals surface area contributed by atoms with E-state index in [0.717, 1.165) is 31.6 Å². The summed E-state index contributed by atoms with van der Waals surface area (Å²) >= 11 is 0. The largest absolute Gasteiger partial charge is 0.394 e. The Balaban J connectivity index is 1.32. The lowest BCUT2D eigenvalue weighted by atomic mass is 10.0. The van der Waals surface area contributed by atoms with Crippen LogP contribution in [0.3, 0.4) is 0 Å². The van der Waals surface area contributed by atoms with E-state index in [-0.39, 0.29) is 41.6 Å². The number of nitrogens with one attached hydrogen (secondary N) is 4. The molecule has 1 fully saturated rings. The Bertz CT molecular complexity index is 1510. The van der Waals surface area contributed by atoms with Gasteiger partial charge >= 0.3 is 0 Å². The van der Waals surface area contributed by atoms with Crippen LogP contribution in [0.15, 0.2) is 41.7 Å². The summed E-state index contributed by atoms with van der Waals surface area (Å²) in [5.41, 5.74) is 2.92. The number of H-pyrrole nitrogens is 3. The highest BCUT2D eigenvalue weighted by Crippen LogP contribution is 2.32. The second kappa shape index (κ2) is 9.54. The Labute approximate surface area is 217 Å². The molecule has 2 aliphatic heterocycles. The van der Waals surface area contributed by atoms with Crippen LogP contribution in [0.1, 0.15) is 39.3 Å². The summed E-state index contributed by atoms with van der Waals surface area (Å²) in [6, 6.07) is 4.48. The first-order valence-corrected chi connectivity index (χ1v) is 12.6. The first-order valence-electron chi connectivity index (χ1n) is 12.6. The Morgan fingerprint density at radius 3 is 2.61 bits per heavy atom. The fraction of sp³-hybridized carbons (Fsp3) is 0.346. The van der Waals surface area contributed by atoms with E-state index in [1.807, 2.05) is 7.05 Å². The number of pyridine rings is 1. The number of hydrogen-bond donors (Lipinski definition) is 5. The topological polar surface area (TPSA) is 163 Å². The van der Waals surface area contributed by atoms with E-state index in [0.29, 0.717) is 40.1 Å². The SMILES string of the molecule is CN1CCC(N2C(=O)c3cc4nc(-c5c(N[C@@H](CO)Cc6cnc[nH]6)cc[nH]c5=O)[nH]c4cc3C2=O)CC1. The number of likely N-dealkylation sites (tertiary alicyclic amines) is 1. The summed E-state index contributed by atoms with van der Waals surface area (Å²) in [5, 5.41) is 13.2. The first kappa shape index (κ1) is 24.1. The number of amides is 2. The van der Waals surface area contributed by atoms with Crippen molar-refractivity contribution < 1.29 is 14.7 Å². The number of hydrogen-bond acceptors (Lipinski definition) is 8. The Kier molecular flexibility index (Phi) is 6.04. The fourth-order valence-electron chi connectivity index (χ4n) is 5.34. The molecule has 38 heavy (non-hydrogen) atoms. The summed E-state index contributed by atoms with van der Waals surface area (Å²) in [6.07, 6.45) is 6.74. The molecule has 12 heteroatoms. The molecule has 196 valence electrons. The second-order valence-electron chi connectivity index (χ2n) is 9.92. The molecule has 0 radical (unpaired) electrons. The maximum atomic E-state index is 13.3. The minimum atomic E-state index is -0.384. The highest BCUT2D eigenvalue weighted by atomic mass is 16.3. The molecule has 2 aliphatic rings. The number of benzene rings is 1. The van der Waals surface area contributed by atoms with Gasteiger partial charge in [0.25, 0.3) is 17.4 Å². The fourth-order valence-corrected chi connectivity index (χ4v) is 5.34. The molecule has 1 aromatic carbocycles. The van der Waals surface area contributed by atoms with Gasteiger partial charge in [0.15, 0.2) is 0 Å². The third-order valence-electron chi connectivity index (χ3n) is 7.37. The molecule has 1 saturated heterocycles. The van der Waals surface area contributed by atoms with Gasteiger partial charge in [0, 0.05) is 30.6 Å². The van der Waals surface area contributed by atoms with Gasteiger partial charge in [0.1, 0.15) is 11.4 Å². The van der Waals surface area contributed by atoms with E-state index in [9.17, 15) is 19.5 Å². The van der Waals surface area contributed by atoms with E-state index in [4.69, 9.17) is 0 Å². The molecule has 12 nitrogen and oxygen atoms in total. The molecule has 4 aromatic rings. The zero-order valence-corrected chi connectivity index (χ0v) is 20.8. The Morgan fingerprint density at radius 2 is 1.89 bits per heavy atom. The van der Waals surface area contributed by atoms with Crippen molar-refractivity contribution in [1.82, 2.24) is 34.7 Å². The van der Waals surface area contributed by atoms with Crippen LogP contribution in [0.4, 0.5) is 5.69 Å². The van der Waals surface area contributed by atoms with Gasteiger partial charge in [-0.1, -0.05) is 0 Å². The molecule has 0 unspecified atom stereocenters. The van der Waals surface area contributed by atoms with Crippen molar-refractivity contribution in [1.29, 1.82) is 0 Å². The van der Waals surface area contributed by atoms with Gasteiger partial charge < -0.3 is 30.3 Å². The molecule has 0 spiro atoms. The van der Waals surface area contributed by atoms with Crippen LogP contribution >= 0.6 is 0 Å². The zero-order valence-electron chi connectivity index (χ0n) is 20.8. The number of carbonyl (C=O) groups is 2. The highest BCUT2D eigenvalue weighted by molar-refractivity contribution is 6.23. The number of rotatable bonds is 7. The summed E-state index contributed by atoms with van der Waals surface area (Å²) in [4.78, 5) is 60.5. The summed E-state index contributed by atoms with van der Waals surface area (Å²) in [5.74, 6) is -0.295. The number of fused-ring (bicyclic) bond motifs is 2. The maximum absolute atomic E-state index is 13.3. The van der Waals surface area contributed by atoms with E-state index < -0.39 is 0 Å². The number of aliphatic hydroxyl groups is 1. The van der Waals surface area contributed by atoms with E-state index in [1.165, 1.54) is 11.1 Å². The minimum absolute atomic E-state index is 0.113. The highest BCUT2D eigenvalue weighted by Gasteiger charge is 2.41. The number of aliphatic hydroxyl groups excluding tert-OH is 1. The lowest BCUT2D eigenvalue weighted by Gasteiger charge is -2.33. The predicted molar refractivity (Wildman–Crippen MR) is 140 cm³/mol. The van der Waals surface area contributed by atoms with Gasteiger partial charge in [-0.3, -0.25) is 19.3 Å². The lowest BCUT2D eigenvalue weighted by molar-refractivity contribution is 0.0516. The number of aromatic nitrogens is 5. The number of piperidine rings is 1. The van der Waals surface area contributed by atoms with Crippen LogP contribution in [0, 0.1) is 0 Å². The van der Waals surface area contributed by atoms with Crippen LogP contribution < -0.4 is 10.9 Å². The summed E-state index contributed by atoms with van der Waals surface area (Å²) in [7, 11) is 2.03. The third kappa shape index (κ3) is 4.17. The predicted octanol–water partition coefficient (Wildman–Crippen LogP) is 1.35. The molecule has 0 saturated carbocycles. The molecule has 2 amide bonds. The smallest absolute Gasteiger partial charge is 0.261 e. The second-order valence-corrected chi connectivity index (χ2v) is 9.92. The average molecular weight is 517 g/mol. The minimum Gasteiger partial charge on any atom is -0.394 e. The van der Waals surface area contributed by atoms with Gasteiger partial charge in [-0.15, -0.1) is 0 Å². The van der Waals surface area contributed by atoms with Gasteiger partial charge in [0.2, 0.25) is 0 Å². The molecule has 5 N–H and O–H groups in total. The number of aromatic amines is 3. The van der Waals surface area contributed by atoms with E-state index >= 15 is 0 Å². The van der Waals surface area contributed by atoms with E-state index in [2.05, 4.69) is 35.1 Å². The molecule has 6 rings (SSSR count).